The van der Waals surface area contributed by atoms with Crippen LogP contribution in [0, 0.1) is 5.92 Å². The zero-order valence-corrected chi connectivity index (χ0v) is 11.1. The Balaban J connectivity index is 2.15. The maximum atomic E-state index is 13.0. The molecule has 1 amide bonds. The zero-order valence-electron chi connectivity index (χ0n) is 9.55. The second-order valence-corrected chi connectivity index (χ2v) is 5.95. The van der Waals surface area contributed by atoms with Crippen molar-refractivity contribution in [3.8, 4) is 0 Å². The first-order valence-corrected chi connectivity index (χ1v) is 6.27. The van der Waals surface area contributed by atoms with E-state index in [-0.39, 0.29) is 12.0 Å². The molecule has 1 saturated carbocycles. The van der Waals surface area contributed by atoms with Gasteiger partial charge in [-0.3, -0.25) is 4.79 Å². The molecule has 0 bridgehead atoms. The van der Waals surface area contributed by atoms with Gasteiger partial charge in [0.25, 0.3) is 0 Å². The highest BCUT2D eigenvalue weighted by Crippen LogP contribution is 2.53. The van der Waals surface area contributed by atoms with Crippen LogP contribution in [0.15, 0.2) is 30.3 Å². The lowest BCUT2D eigenvalue weighted by Gasteiger charge is -2.22. The molecule has 1 aromatic rings. The van der Waals surface area contributed by atoms with E-state index in [0.29, 0.717) is 0 Å². The van der Waals surface area contributed by atoms with Crippen molar-refractivity contribution < 1.29 is 18.0 Å². The third-order valence-corrected chi connectivity index (χ3v) is 3.72. The summed E-state index contributed by atoms with van der Waals surface area (Å²) in [4.78, 5) is 11.7. The average Bonchev–Trinajstić information content (AvgIpc) is 2.95. The van der Waals surface area contributed by atoms with Crippen LogP contribution in [0.5, 0.6) is 0 Å². The van der Waals surface area contributed by atoms with Gasteiger partial charge >= 0.3 is 6.18 Å². The van der Waals surface area contributed by atoms with Crippen LogP contribution in [-0.2, 0) is 4.79 Å². The Morgan fingerprint density at radius 2 is 1.84 bits per heavy atom. The van der Waals surface area contributed by atoms with E-state index in [1.807, 2.05) is 5.32 Å². The molecular formula is C12H10Cl2F3NO. The second-order valence-electron chi connectivity index (χ2n) is 4.41. The van der Waals surface area contributed by atoms with Crippen LogP contribution in [0.3, 0.4) is 0 Å². The number of benzene rings is 1. The first-order valence-electron chi connectivity index (χ1n) is 5.51. The van der Waals surface area contributed by atoms with Crippen molar-refractivity contribution in [2.45, 2.75) is 23.0 Å². The molecule has 0 saturated heterocycles. The molecule has 2 rings (SSSR count). The van der Waals surface area contributed by atoms with E-state index in [9.17, 15) is 18.0 Å². The molecule has 2 atom stereocenters. The Bertz CT molecular complexity index is 476. The number of alkyl halides is 5. The summed E-state index contributed by atoms with van der Waals surface area (Å²) < 4.78 is 37.6. The SMILES string of the molecule is O=C(NC(c1ccccc1)C(F)(F)F)C1CC1(Cl)Cl. The van der Waals surface area contributed by atoms with Gasteiger partial charge in [0.1, 0.15) is 4.33 Å². The van der Waals surface area contributed by atoms with Crippen molar-refractivity contribution in [1.29, 1.82) is 0 Å². The Morgan fingerprint density at radius 3 is 2.26 bits per heavy atom. The van der Waals surface area contributed by atoms with Crippen LogP contribution in [-0.4, -0.2) is 16.4 Å². The maximum absolute atomic E-state index is 13.0. The molecule has 2 nitrogen and oxygen atoms in total. The monoisotopic (exact) mass is 311 g/mol. The Hall–Kier alpha value is -0.940. The molecule has 0 heterocycles. The lowest BCUT2D eigenvalue weighted by Crippen LogP contribution is -2.39. The third kappa shape index (κ3) is 3.34. The van der Waals surface area contributed by atoms with Crippen LogP contribution in [0.1, 0.15) is 18.0 Å². The van der Waals surface area contributed by atoms with Crippen LogP contribution < -0.4 is 5.32 Å². The van der Waals surface area contributed by atoms with E-state index in [2.05, 4.69) is 0 Å². The normalized spacial score (nSPS) is 22.7. The van der Waals surface area contributed by atoms with Crippen molar-refractivity contribution in [1.82, 2.24) is 5.32 Å². The molecule has 1 aromatic carbocycles. The number of rotatable bonds is 3. The predicted octanol–water partition coefficient (Wildman–Crippen LogP) is 3.60. The molecule has 7 heteroatoms. The minimum absolute atomic E-state index is 0.0289. The molecule has 104 valence electrons. The molecule has 1 aliphatic rings. The van der Waals surface area contributed by atoms with Crippen molar-refractivity contribution >= 4 is 29.1 Å². The lowest BCUT2D eigenvalue weighted by molar-refractivity contribution is -0.163. The van der Waals surface area contributed by atoms with Crippen LogP contribution in [0.2, 0.25) is 0 Å². The summed E-state index contributed by atoms with van der Waals surface area (Å²) in [6.45, 7) is 0. The van der Waals surface area contributed by atoms with Gasteiger partial charge in [-0.1, -0.05) is 30.3 Å². The molecule has 0 aromatic heterocycles. The van der Waals surface area contributed by atoms with Crippen molar-refractivity contribution in [2.75, 3.05) is 0 Å². The molecule has 0 spiro atoms. The Labute approximate surface area is 117 Å². The van der Waals surface area contributed by atoms with Gasteiger partial charge in [0.2, 0.25) is 5.91 Å². The molecule has 1 aliphatic carbocycles. The molecule has 0 aliphatic heterocycles. The molecule has 19 heavy (non-hydrogen) atoms. The summed E-state index contributed by atoms with van der Waals surface area (Å²) in [5, 5.41) is 1.96. The minimum Gasteiger partial charge on any atom is -0.340 e. The van der Waals surface area contributed by atoms with Gasteiger partial charge in [0.15, 0.2) is 6.04 Å². The fourth-order valence-electron chi connectivity index (χ4n) is 1.74. The van der Waals surface area contributed by atoms with E-state index in [4.69, 9.17) is 23.2 Å². The summed E-state index contributed by atoms with van der Waals surface area (Å²) in [7, 11) is 0. The quantitative estimate of drug-likeness (QED) is 0.849. The number of carbonyl (C=O) groups is 1. The third-order valence-electron chi connectivity index (χ3n) is 2.89. The van der Waals surface area contributed by atoms with Gasteiger partial charge in [-0.15, -0.1) is 23.2 Å². The molecule has 1 N–H and O–H groups in total. The van der Waals surface area contributed by atoms with Crippen LogP contribution in [0.4, 0.5) is 13.2 Å². The maximum Gasteiger partial charge on any atom is 0.412 e. The average molecular weight is 312 g/mol. The van der Waals surface area contributed by atoms with Gasteiger partial charge in [-0.25, -0.2) is 0 Å². The van der Waals surface area contributed by atoms with E-state index >= 15 is 0 Å². The summed E-state index contributed by atoms with van der Waals surface area (Å²) in [5.41, 5.74) is -0.0289. The van der Waals surface area contributed by atoms with Gasteiger partial charge < -0.3 is 5.32 Å². The topological polar surface area (TPSA) is 29.1 Å². The number of hydrogen-bond donors (Lipinski definition) is 1. The predicted molar refractivity (Wildman–Crippen MR) is 65.9 cm³/mol. The summed E-state index contributed by atoms with van der Waals surface area (Å²) >= 11 is 11.3. The van der Waals surface area contributed by atoms with E-state index in [0.717, 1.165) is 0 Å². The fourth-order valence-corrected chi connectivity index (χ4v) is 2.25. The number of amides is 1. The number of nitrogens with one attached hydrogen (secondary N) is 1. The largest absolute Gasteiger partial charge is 0.412 e. The molecule has 1 fully saturated rings. The van der Waals surface area contributed by atoms with Crippen molar-refractivity contribution in [3.05, 3.63) is 35.9 Å². The van der Waals surface area contributed by atoms with Gasteiger partial charge in [0.05, 0.1) is 5.92 Å². The first kappa shape index (κ1) is 14.5. The van der Waals surface area contributed by atoms with Crippen molar-refractivity contribution in [3.63, 3.8) is 0 Å². The summed E-state index contributed by atoms with van der Waals surface area (Å²) in [5.74, 6) is -1.57. The van der Waals surface area contributed by atoms with Gasteiger partial charge in [-0.2, -0.15) is 13.2 Å². The lowest BCUT2D eigenvalue weighted by atomic mass is 10.1. The summed E-state index contributed by atoms with van der Waals surface area (Å²) in [6, 6.07) is 5.11. The number of carbonyl (C=O) groups excluding carboxylic acids is 1. The molecule has 2 unspecified atom stereocenters. The van der Waals surface area contributed by atoms with E-state index < -0.39 is 28.4 Å². The Morgan fingerprint density at radius 1 is 1.32 bits per heavy atom. The zero-order chi connectivity index (χ0) is 14.3. The highest BCUT2D eigenvalue weighted by molar-refractivity contribution is 6.52. The van der Waals surface area contributed by atoms with Gasteiger partial charge in [0, 0.05) is 0 Å². The first-order chi connectivity index (χ1) is 8.72. The highest BCUT2D eigenvalue weighted by Gasteiger charge is 2.57. The van der Waals surface area contributed by atoms with Gasteiger partial charge in [-0.05, 0) is 12.0 Å². The minimum atomic E-state index is -4.58. The second kappa shape index (κ2) is 4.87. The Kier molecular flexibility index (Phi) is 3.71. The smallest absolute Gasteiger partial charge is 0.340 e. The number of halogens is 5. The molecule has 0 radical (unpaired) electrons. The van der Waals surface area contributed by atoms with E-state index in [1.165, 1.54) is 24.3 Å². The van der Waals surface area contributed by atoms with Crippen LogP contribution >= 0.6 is 23.2 Å². The number of hydrogen-bond acceptors (Lipinski definition) is 1. The van der Waals surface area contributed by atoms with Crippen molar-refractivity contribution in [2.24, 2.45) is 5.92 Å². The standard InChI is InChI=1S/C12H10Cl2F3NO/c13-11(14)6-8(11)10(19)18-9(12(15,16)17)7-4-2-1-3-5-7/h1-5,8-9H,6H2,(H,18,19). The summed E-state index contributed by atoms with van der Waals surface area (Å²) in [6.07, 6.45) is -4.41. The van der Waals surface area contributed by atoms with Crippen LogP contribution in [0.25, 0.3) is 0 Å². The fraction of sp³-hybridized carbons (Fsp3) is 0.417. The van der Waals surface area contributed by atoms with E-state index in [1.54, 1.807) is 6.07 Å². The molecular weight excluding hydrogens is 302 g/mol. The highest BCUT2D eigenvalue weighted by atomic mass is 35.5.